The highest BCUT2D eigenvalue weighted by molar-refractivity contribution is 7.89. The lowest BCUT2D eigenvalue weighted by Crippen LogP contribution is -2.18. The Kier molecular flexibility index (Phi) is 4.53. The molecule has 0 bridgehead atoms. The zero-order chi connectivity index (χ0) is 14.4. The molecule has 0 spiro atoms. The molecular weight excluding hydrogens is 272 g/mol. The standard InChI is InChI=1S/C15H16N2O2S/c1-13-7-9-15(10-8-13)20(18,19)17-16-12-11-14-5-3-2-4-6-14/h2-10,12,17H,11H2,1H3. The third kappa shape index (κ3) is 3.93. The lowest BCUT2D eigenvalue weighted by Gasteiger charge is -2.03. The summed E-state index contributed by atoms with van der Waals surface area (Å²) in [5.41, 5.74) is 2.09. The Morgan fingerprint density at radius 2 is 1.70 bits per heavy atom. The van der Waals surface area contributed by atoms with Crippen LogP contribution in [0.3, 0.4) is 0 Å². The van der Waals surface area contributed by atoms with E-state index in [4.69, 9.17) is 0 Å². The van der Waals surface area contributed by atoms with E-state index in [-0.39, 0.29) is 4.90 Å². The maximum Gasteiger partial charge on any atom is 0.276 e. The summed E-state index contributed by atoms with van der Waals surface area (Å²) in [4.78, 5) is 2.41. The van der Waals surface area contributed by atoms with E-state index in [0.717, 1.165) is 11.1 Å². The molecule has 2 aromatic rings. The minimum absolute atomic E-state index is 0.208. The molecule has 104 valence electrons. The number of nitrogens with zero attached hydrogens (tertiary/aromatic N) is 1. The Bertz CT molecular complexity index is 678. The molecule has 2 aromatic carbocycles. The van der Waals surface area contributed by atoms with Crippen molar-refractivity contribution in [3.05, 3.63) is 65.7 Å². The van der Waals surface area contributed by atoms with Crippen LogP contribution in [0.25, 0.3) is 0 Å². The van der Waals surface area contributed by atoms with Crippen molar-refractivity contribution in [3.63, 3.8) is 0 Å². The number of rotatable bonds is 5. The van der Waals surface area contributed by atoms with Gasteiger partial charge in [-0.1, -0.05) is 48.0 Å². The third-order valence-corrected chi connectivity index (χ3v) is 4.00. The zero-order valence-corrected chi connectivity index (χ0v) is 12.0. The van der Waals surface area contributed by atoms with E-state index in [1.807, 2.05) is 37.3 Å². The number of hydrogen-bond donors (Lipinski definition) is 1. The zero-order valence-electron chi connectivity index (χ0n) is 11.2. The summed E-state index contributed by atoms with van der Waals surface area (Å²) < 4.78 is 23.9. The van der Waals surface area contributed by atoms with Gasteiger partial charge < -0.3 is 0 Å². The molecule has 0 fully saturated rings. The van der Waals surface area contributed by atoms with Crippen molar-refractivity contribution in [2.75, 3.05) is 0 Å². The molecule has 4 nitrogen and oxygen atoms in total. The van der Waals surface area contributed by atoms with Gasteiger partial charge in [0.25, 0.3) is 10.0 Å². The van der Waals surface area contributed by atoms with Gasteiger partial charge in [0, 0.05) is 12.6 Å². The summed E-state index contributed by atoms with van der Waals surface area (Å²) in [6.45, 7) is 1.90. The SMILES string of the molecule is Cc1ccc(S(=O)(=O)NN=CCc2ccccc2)cc1. The van der Waals surface area contributed by atoms with Gasteiger partial charge in [-0.3, -0.25) is 0 Å². The second kappa shape index (κ2) is 6.34. The lowest BCUT2D eigenvalue weighted by molar-refractivity contribution is 0.584. The molecule has 0 aliphatic carbocycles. The second-order valence-corrected chi connectivity index (χ2v) is 6.07. The summed E-state index contributed by atoms with van der Waals surface area (Å²) in [6, 6.07) is 16.3. The number of aryl methyl sites for hydroxylation is 1. The summed E-state index contributed by atoms with van der Waals surface area (Å²) in [6.07, 6.45) is 2.12. The molecule has 5 heteroatoms. The molecule has 2 rings (SSSR count). The van der Waals surface area contributed by atoms with Crippen LogP contribution in [0.15, 0.2) is 64.6 Å². The van der Waals surface area contributed by atoms with Crippen LogP contribution in [0.4, 0.5) is 0 Å². The summed E-state index contributed by atoms with van der Waals surface area (Å²) in [7, 11) is -3.58. The molecule has 0 unspecified atom stereocenters. The largest absolute Gasteiger partial charge is 0.276 e. The van der Waals surface area contributed by atoms with Gasteiger partial charge in [-0.05, 0) is 24.6 Å². The van der Waals surface area contributed by atoms with Gasteiger partial charge in [0.2, 0.25) is 0 Å². The van der Waals surface area contributed by atoms with Gasteiger partial charge in [-0.2, -0.15) is 13.5 Å². The summed E-state index contributed by atoms with van der Waals surface area (Å²) in [5, 5.41) is 3.77. The topological polar surface area (TPSA) is 58.5 Å². The van der Waals surface area contributed by atoms with Crippen molar-refractivity contribution < 1.29 is 8.42 Å². The molecular formula is C15H16N2O2S. The van der Waals surface area contributed by atoms with E-state index in [2.05, 4.69) is 9.93 Å². The first-order chi connectivity index (χ1) is 9.58. The van der Waals surface area contributed by atoms with Crippen molar-refractivity contribution >= 4 is 16.2 Å². The van der Waals surface area contributed by atoms with Crippen LogP contribution < -0.4 is 4.83 Å². The van der Waals surface area contributed by atoms with Crippen molar-refractivity contribution in [2.24, 2.45) is 5.10 Å². The Labute approximate surface area is 119 Å². The van der Waals surface area contributed by atoms with Crippen LogP contribution in [-0.2, 0) is 16.4 Å². The maximum atomic E-state index is 11.9. The predicted octanol–water partition coefficient (Wildman–Crippen LogP) is 2.50. The van der Waals surface area contributed by atoms with Crippen molar-refractivity contribution in [1.82, 2.24) is 4.83 Å². The van der Waals surface area contributed by atoms with Gasteiger partial charge in [-0.25, -0.2) is 4.83 Å². The number of sulfonamides is 1. The average Bonchev–Trinajstić information content (AvgIpc) is 2.45. The number of benzene rings is 2. The molecule has 20 heavy (non-hydrogen) atoms. The van der Waals surface area contributed by atoms with E-state index in [1.54, 1.807) is 30.5 Å². The van der Waals surface area contributed by atoms with Crippen molar-refractivity contribution in [3.8, 4) is 0 Å². The highest BCUT2D eigenvalue weighted by Gasteiger charge is 2.11. The fraction of sp³-hybridized carbons (Fsp3) is 0.133. The molecule has 0 radical (unpaired) electrons. The molecule has 0 saturated heterocycles. The average molecular weight is 288 g/mol. The minimum atomic E-state index is -3.58. The number of hydrazone groups is 1. The van der Waals surface area contributed by atoms with E-state index in [1.165, 1.54) is 0 Å². The van der Waals surface area contributed by atoms with E-state index in [0.29, 0.717) is 6.42 Å². The molecule has 0 amide bonds. The fourth-order valence-corrected chi connectivity index (χ4v) is 2.46. The third-order valence-electron chi connectivity index (χ3n) is 2.77. The first-order valence-corrected chi connectivity index (χ1v) is 7.70. The smallest absolute Gasteiger partial charge is 0.200 e. The van der Waals surface area contributed by atoms with E-state index >= 15 is 0 Å². The van der Waals surface area contributed by atoms with Crippen LogP contribution in [0.5, 0.6) is 0 Å². The molecule has 1 N–H and O–H groups in total. The summed E-state index contributed by atoms with van der Waals surface area (Å²) in [5.74, 6) is 0. The van der Waals surface area contributed by atoms with Gasteiger partial charge in [0.05, 0.1) is 4.90 Å². The molecule has 0 atom stereocenters. The van der Waals surface area contributed by atoms with Gasteiger partial charge in [-0.15, -0.1) is 0 Å². The van der Waals surface area contributed by atoms with E-state index in [9.17, 15) is 8.42 Å². The monoisotopic (exact) mass is 288 g/mol. The molecule has 0 aromatic heterocycles. The lowest BCUT2D eigenvalue weighted by atomic mass is 10.2. The Morgan fingerprint density at radius 1 is 1.05 bits per heavy atom. The fourth-order valence-electron chi connectivity index (χ4n) is 1.64. The van der Waals surface area contributed by atoms with Crippen LogP contribution in [0.2, 0.25) is 0 Å². The maximum absolute atomic E-state index is 11.9. The normalized spacial score (nSPS) is 11.7. The quantitative estimate of drug-likeness (QED) is 0.679. The van der Waals surface area contributed by atoms with Crippen LogP contribution in [0.1, 0.15) is 11.1 Å². The van der Waals surface area contributed by atoms with Crippen LogP contribution >= 0.6 is 0 Å². The first kappa shape index (κ1) is 14.3. The summed E-state index contributed by atoms with van der Waals surface area (Å²) >= 11 is 0. The first-order valence-electron chi connectivity index (χ1n) is 6.22. The minimum Gasteiger partial charge on any atom is -0.200 e. The van der Waals surface area contributed by atoms with Crippen molar-refractivity contribution in [1.29, 1.82) is 0 Å². The number of nitrogens with one attached hydrogen (secondary N) is 1. The van der Waals surface area contributed by atoms with Crippen molar-refractivity contribution in [2.45, 2.75) is 18.2 Å². The second-order valence-electron chi connectivity index (χ2n) is 4.41. The molecule has 0 aliphatic heterocycles. The van der Waals surface area contributed by atoms with Crippen LogP contribution in [0, 0.1) is 6.92 Å². The number of hydrogen-bond acceptors (Lipinski definition) is 3. The Morgan fingerprint density at radius 3 is 2.35 bits per heavy atom. The van der Waals surface area contributed by atoms with Gasteiger partial charge in [0.1, 0.15) is 0 Å². The van der Waals surface area contributed by atoms with Gasteiger partial charge >= 0.3 is 0 Å². The Balaban J connectivity index is 1.97. The Hall–Kier alpha value is -2.14. The van der Waals surface area contributed by atoms with Gasteiger partial charge in [0.15, 0.2) is 0 Å². The highest BCUT2D eigenvalue weighted by atomic mass is 32.2. The predicted molar refractivity (Wildman–Crippen MR) is 80.1 cm³/mol. The van der Waals surface area contributed by atoms with Crippen LogP contribution in [-0.4, -0.2) is 14.6 Å². The highest BCUT2D eigenvalue weighted by Crippen LogP contribution is 2.09. The van der Waals surface area contributed by atoms with E-state index < -0.39 is 10.0 Å². The molecule has 0 saturated carbocycles. The molecule has 0 aliphatic rings. The molecule has 0 heterocycles.